The fourth-order valence-electron chi connectivity index (χ4n) is 2.94. The lowest BCUT2D eigenvalue weighted by molar-refractivity contribution is -0.136. The lowest BCUT2D eigenvalue weighted by Crippen LogP contribution is -2.50. The Balaban J connectivity index is 1.56. The Morgan fingerprint density at radius 3 is 2.64 bits per heavy atom. The van der Waals surface area contributed by atoms with Gasteiger partial charge in [0.05, 0.1) is 10.7 Å². The van der Waals surface area contributed by atoms with Crippen LogP contribution in [0.5, 0.6) is 0 Å². The molecular weight excluding hydrogens is 394 g/mol. The van der Waals surface area contributed by atoms with E-state index in [-0.39, 0.29) is 11.9 Å². The Labute approximate surface area is 153 Å². The molecule has 2 heterocycles. The molecule has 3 rings (SSSR count). The van der Waals surface area contributed by atoms with E-state index in [1.54, 1.807) is 28.0 Å². The Morgan fingerprint density at radius 2 is 2.00 bits per heavy atom. The number of benzene rings is 1. The lowest BCUT2D eigenvalue weighted by Gasteiger charge is -2.36. The smallest absolute Gasteiger partial charge is 0.247 e. The van der Waals surface area contributed by atoms with Gasteiger partial charge in [-0.1, -0.05) is 12.1 Å². The minimum atomic E-state index is -0.828. The molecule has 1 fully saturated rings. The number of amides is 1. The number of halogens is 3. The summed E-state index contributed by atoms with van der Waals surface area (Å²) < 4.78 is 29.5. The minimum Gasteiger partial charge on any atom is -0.338 e. The van der Waals surface area contributed by atoms with E-state index in [0.717, 1.165) is 10.5 Å². The van der Waals surface area contributed by atoms with Crippen LogP contribution in [-0.2, 0) is 11.3 Å². The monoisotopic (exact) mass is 412 g/mol. The zero-order valence-electron chi connectivity index (χ0n) is 13.8. The first kappa shape index (κ1) is 18.0. The topological polar surface area (TPSA) is 41.4 Å². The first-order valence-electron chi connectivity index (χ1n) is 8.09. The summed E-state index contributed by atoms with van der Waals surface area (Å²) in [6.45, 7) is 4.52. The highest BCUT2D eigenvalue weighted by atomic mass is 79.9. The second kappa shape index (κ2) is 7.61. The highest BCUT2D eigenvalue weighted by Gasteiger charge is 2.26. The molecule has 1 aliphatic heterocycles. The summed E-state index contributed by atoms with van der Waals surface area (Å²) >= 11 is 3.32. The molecule has 0 saturated carbocycles. The number of carbonyl (C=O) groups excluding carboxylic acids is 1. The van der Waals surface area contributed by atoms with Crippen LogP contribution >= 0.6 is 15.9 Å². The van der Waals surface area contributed by atoms with Crippen molar-refractivity contribution in [2.24, 2.45) is 0 Å². The summed E-state index contributed by atoms with van der Waals surface area (Å²) in [5, 5.41) is 4.16. The third kappa shape index (κ3) is 4.07. The first-order chi connectivity index (χ1) is 12.0. The lowest BCUT2D eigenvalue weighted by atomic mass is 10.1. The van der Waals surface area contributed by atoms with E-state index in [2.05, 4.69) is 21.0 Å². The summed E-state index contributed by atoms with van der Waals surface area (Å²) in [7, 11) is 0. The van der Waals surface area contributed by atoms with Crippen molar-refractivity contribution in [1.29, 1.82) is 0 Å². The van der Waals surface area contributed by atoms with Crippen LogP contribution in [0.2, 0.25) is 0 Å². The van der Waals surface area contributed by atoms with Crippen LogP contribution in [0.3, 0.4) is 0 Å². The molecule has 1 aromatic carbocycles. The third-order valence-electron chi connectivity index (χ3n) is 4.43. The SMILES string of the molecule is CC(C(=O)N1CCN(Cc2cccc(F)c2F)CC1)n1cc(Br)cn1. The molecule has 0 spiro atoms. The zero-order chi connectivity index (χ0) is 18.0. The highest BCUT2D eigenvalue weighted by Crippen LogP contribution is 2.17. The van der Waals surface area contributed by atoms with Gasteiger partial charge in [-0.05, 0) is 28.9 Å². The van der Waals surface area contributed by atoms with Gasteiger partial charge >= 0.3 is 0 Å². The number of rotatable bonds is 4. The molecule has 8 heteroatoms. The summed E-state index contributed by atoms with van der Waals surface area (Å²) in [5.74, 6) is -1.61. The van der Waals surface area contributed by atoms with Gasteiger partial charge in [0.2, 0.25) is 5.91 Å². The Kier molecular flexibility index (Phi) is 5.48. The van der Waals surface area contributed by atoms with Crippen molar-refractivity contribution < 1.29 is 13.6 Å². The van der Waals surface area contributed by atoms with Crippen LogP contribution in [0, 0.1) is 11.6 Å². The van der Waals surface area contributed by atoms with Crippen molar-refractivity contribution in [3.63, 3.8) is 0 Å². The summed E-state index contributed by atoms with van der Waals surface area (Å²) in [6.07, 6.45) is 3.42. The number of piperazine rings is 1. The molecule has 1 atom stereocenters. The number of nitrogens with zero attached hydrogens (tertiary/aromatic N) is 4. The van der Waals surface area contributed by atoms with Crippen LogP contribution in [0.4, 0.5) is 8.78 Å². The van der Waals surface area contributed by atoms with E-state index in [0.29, 0.717) is 38.3 Å². The van der Waals surface area contributed by atoms with Gasteiger partial charge in [0.25, 0.3) is 0 Å². The Hall–Kier alpha value is -1.80. The van der Waals surface area contributed by atoms with E-state index >= 15 is 0 Å². The van der Waals surface area contributed by atoms with E-state index in [9.17, 15) is 13.6 Å². The van der Waals surface area contributed by atoms with Crippen LogP contribution in [0.25, 0.3) is 0 Å². The molecule has 25 heavy (non-hydrogen) atoms. The van der Waals surface area contributed by atoms with E-state index in [1.807, 2.05) is 11.8 Å². The van der Waals surface area contributed by atoms with Crippen LogP contribution < -0.4 is 0 Å². The van der Waals surface area contributed by atoms with Crippen LogP contribution in [0.1, 0.15) is 18.5 Å². The van der Waals surface area contributed by atoms with Gasteiger partial charge in [-0.2, -0.15) is 5.10 Å². The van der Waals surface area contributed by atoms with Crippen molar-refractivity contribution in [1.82, 2.24) is 19.6 Å². The standard InChI is InChI=1S/C17H19BrF2N4O/c1-12(24-11-14(18)9-21-24)17(25)23-7-5-22(6-8-23)10-13-3-2-4-15(19)16(13)20/h2-4,9,11-12H,5-8,10H2,1H3. The molecule has 1 amide bonds. The Morgan fingerprint density at radius 1 is 1.28 bits per heavy atom. The first-order valence-corrected chi connectivity index (χ1v) is 8.88. The molecule has 134 valence electrons. The fraction of sp³-hybridized carbons (Fsp3) is 0.412. The van der Waals surface area contributed by atoms with Gasteiger partial charge in [0.1, 0.15) is 6.04 Å². The summed E-state index contributed by atoms with van der Waals surface area (Å²) in [5.41, 5.74) is 0.342. The predicted octanol–water partition coefficient (Wildman–Crippen LogP) is 2.83. The quantitative estimate of drug-likeness (QED) is 0.775. The van der Waals surface area contributed by atoms with Gasteiger partial charge in [0, 0.05) is 44.5 Å². The molecule has 1 saturated heterocycles. The van der Waals surface area contributed by atoms with Crippen molar-refractivity contribution in [2.75, 3.05) is 26.2 Å². The maximum Gasteiger partial charge on any atom is 0.247 e. The number of aromatic nitrogens is 2. The van der Waals surface area contributed by atoms with E-state index < -0.39 is 11.6 Å². The van der Waals surface area contributed by atoms with Crippen LogP contribution in [0.15, 0.2) is 35.1 Å². The molecule has 2 aromatic rings. The average molecular weight is 413 g/mol. The minimum absolute atomic E-state index is 0.00665. The fourth-order valence-corrected chi connectivity index (χ4v) is 3.24. The van der Waals surface area contributed by atoms with Crippen molar-refractivity contribution >= 4 is 21.8 Å². The third-order valence-corrected chi connectivity index (χ3v) is 4.84. The maximum absolute atomic E-state index is 13.8. The number of hydrogen-bond acceptors (Lipinski definition) is 3. The Bertz CT molecular complexity index is 759. The van der Waals surface area contributed by atoms with Gasteiger partial charge < -0.3 is 4.90 Å². The largest absolute Gasteiger partial charge is 0.338 e. The summed E-state index contributed by atoms with van der Waals surface area (Å²) in [4.78, 5) is 16.4. The van der Waals surface area contributed by atoms with Gasteiger partial charge in [-0.3, -0.25) is 14.4 Å². The normalized spacial score (nSPS) is 16.9. The molecule has 0 N–H and O–H groups in total. The number of hydrogen-bond donors (Lipinski definition) is 0. The molecule has 0 bridgehead atoms. The molecule has 1 aliphatic rings. The number of carbonyl (C=O) groups is 1. The zero-order valence-corrected chi connectivity index (χ0v) is 15.4. The van der Waals surface area contributed by atoms with Crippen LogP contribution in [-0.4, -0.2) is 51.7 Å². The maximum atomic E-state index is 13.8. The summed E-state index contributed by atoms with van der Waals surface area (Å²) in [6, 6.07) is 3.84. The second-order valence-electron chi connectivity index (χ2n) is 6.13. The van der Waals surface area contributed by atoms with E-state index in [4.69, 9.17) is 0 Å². The van der Waals surface area contributed by atoms with Crippen molar-refractivity contribution in [3.8, 4) is 0 Å². The second-order valence-corrected chi connectivity index (χ2v) is 7.04. The van der Waals surface area contributed by atoms with Gasteiger partial charge in [0.15, 0.2) is 11.6 Å². The molecule has 0 radical (unpaired) electrons. The average Bonchev–Trinajstić information content (AvgIpc) is 3.05. The molecule has 1 aromatic heterocycles. The van der Waals surface area contributed by atoms with E-state index in [1.165, 1.54) is 6.07 Å². The van der Waals surface area contributed by atoms with Crippen molar-refractivity contribution in [2.45, 2.75) is 19.5 Å². The van der Waals surface area contributed by atoms with Gasteiger partial charge in [-0.15, -0.1) is 0 Å². The van der Waals surface area contributed by atoms with Gasteiger partial charge in [-0.25, -0.2) is 8.78 Å². The molecule has 0 aliphatic carbocycles. The molecule has 1 unspecified atom stereocenters. The predicted molar refractivity (Wildman–Crippen MR) is 92.9 cm³/mol. The molecule has 5 nitrogen and oxygen atoms in total. The molecular formula is C17H19BrF2N4O. The van der Waals surface area contributed by atoms with Crippen molar-refractivity contribution in [3.05, 3.63) is 52.3 Å². The highest BCUT2D eigenvalue weighted by molar-refractivity contribution is 9.10.